The molecule has 0 radical (unpaired) electrons. The fourth-order valence-corrected chi connectivity index (χ4v) is 1.66. The van der Waals surface area contributed by atoms with Gasteiger partial charge in [0.25, 0.3) is 5.69 Å². The van der Waals surface area contributed by atoms with Crippen LogP contribution in [0.5, 0.6) is 5.75 Å². The minimum atomic E-state index is -0.548. The van der Waals surface area contributed by atoms with Gasteiger partial charge in [-0.1, -0.05) is 12.1 Å². The summed E-state index contributed by atoms with van der Waals surface area (Å²) >= 11 is 0. The predicted molar refractivity (Wildman–Crippen MR) is 84.9 cm³/mol. The van der Waals surface area contributed by atoms with Crippen molar-refractivity contribution in [2.45, 2.75) is 0 Å². The van der Waals surface area contributed by atoms with E-state index >= 15 is 0 Å². The largest absolute Gasteiger partial charge is 0.507 e. The molecule has 0 heterocycles. The van der Waals surface area contributed by atoms with E-state index in [0.717, 1.165) is 0 Å². The number of benzene rings is 2. The Balaban J connectivity index is 0.00000127. The van der Waals surface area contributed by atoms with Gasteiger partial charge in [-0.05, 0) is 18.2 Å². The van der Waals surface area contributed by atoms with Gasteiger partial charge in [-0.15, -0.1) is 0 Å². The van der Waals surface area contributed by atoms with E-state index in [0.29, 0.717) is 11.3 Å². The Morgan fingerprint density at radius 1 is 1.26 bits per heavy atom. The van der Waals surface area contributed by atoms with Crippen molar-refractivity contribution in [1.82, 2.24) is 0 Å². The number of nitrogen functional groups attached to an aromatic ring is 1. The van der Waals surface area contributed by atoms with Crippen molar-refractivity contribution in [1.29, 1.82) is 16.5 Å². The zero-order chi connectivity index (χ0) is 17.4. The molecule has 0 aliphatic rings. The van der Waals surface area contributed by atoms with Gasteiger partial charge in [0.2, 0.25) is 0 Å². The summed E-state index contributed by atoms with van der Waals surface area (Å²) in [6.07, 6.45) is 1.32. The van der Waals surface area contributed by atoms with E-state index in [1.54, 1.807) is 24.3 Å². The Labute approximate surface area is 131 Å². The van der Waals surface area contributed by atoms with Gasteiger partial charge in [-0.25, -0.2) is 11.1 Å². The van der Waals surface area contributed by atoms with Crippen LogP contribution in [0, 0.1) is 26.6 Å². The van der Waals surface area contributed by atoms with Crippen LogP contribution in [0.1, 0.15) is 11.1 Å². The van der Waals surface area contributed by atoms with E-state index < -0.39 is 4.92 Å². The average Bonchev–Trinajstić information content (AvgIpc) is 2.56. The lowest BCUT2D eigenvalue weighted by Crippen LogP contribution is -2.10. The van der Waals surface area contributed by atoms with Crippen LogP contribution in [0.2, 0.25) is 0 Å². The number of nitro groups is 1. The minimum Gasteiger partial charge on any atom is -0.507 e. The summed E-state index contributed by atoms with van der Waals surface area (Å²) in [5.41, 5.74) is 16.5. The smallest absolute Gasteiger partial charge is 0.270 e. The highest BCUT2D eigenvalue weighted by Gasteiger charge is 2.08. The Morgan fingerprint density at radius 2 is 1.96 bits per heavy atom. The molecule has 2 aromatic carbocycles. The number of amidine groups is 1. The van der Waals surface area contributed by atoms with Gasteiger partial charge in [0, 0.05) is 29.5 Å². The molecule has 0 aliphatic heterocycles. The van der Waals surface area contributed by atoms with E-state index in [1.165, 1.54) is 24.4 Å². The number of non-ortho nitro benzene ring substituents is 1. The van der Waals surface area contributed by atoms with Crippen LogP contribution in [0.25, 0.3) is 0 Å². The quantitative estimate of drug-likeness (QED) is 0.192. The van der Waals surface area contributed by atoms with E-state index in [2.05, 4.69) is 4.99 Å². The maximum atomic E-state index is 10.7. The highest BCUT2D eigenvalue weighted by Crippen LogP contribution is 2.22. The number of phenolic OH excluding ortho intramolecular Hbond substituents is 1. The van der Waals surface area contributed by atoms with Crippen LogP contribution in [-0.4, -0.2) is 22.1 Å². The van der Waals surface area contributed by atoms with Crippen LogP contribution < -0.4 is 5.73 Å². The average molecular weight is 314 g/mol. The Morgan fingerprint density at radius 3 is 2.57 bits per heavy atom. The van der Waals surface area contributed by atoms with Gasteiger partial charge in [-0.2, -0.15) is 0 Å². The van der Waals surface area contributed by atoms with E-state index in [-0.39, 0.29) is 22.8 Å². The number of aromatic hydroxyl groups is 1. The third kappa shape index (κ3) is 4.70. The number of nitrogens with two attached hydrogens (primary N) is 1. The summed E-state index contributed by atoms with van der Waals surface area (Å²) in [5, 5.41) is 27.7. The maximum absolute atomic E-state index is 10.7. The molecular weight excluding hydrogens is 300 g/mol. The zero-order valence-electron chi connectivity index (χ0n) is 11.9. The summed E-state index contributed by atoms with van der Waals surface area (Å²) < 4.78 is 0. The summed E-state index contributed by atoms with van der Waals surface area (Å²) in [4.78, 5) is 14.3. The normalized spacial score (nSPS) is 9.91. The van der Waals surface area contributed by atoms with E-state index in [4.69, 9.17) is 22.2 Å². The number of hydrogen-bond acceptors (Lipinski definition) is 7. The molecule has 9 heteroatoms. The van der Waals surface area contributed by atoms with Crippen LogP contribution in [0.15, 0.2) is 47.5 Å². The molecule has 0 spiro atoms. The third-order valence-corrected chi connectivity index (χ3v) is 2.73. The van der Waals surface area contributed by atoms with Crippen LogP contribution in [0.4, 0.5) is 11.4 Å². The first kappa shape index (κ1) is 17.4. The number of rotatable bonds is 4. The van der Waals surface area contributed by atoms with Crippen molar-refractivity contribution in [3.63, 3.8) is 0 Å². The second-order valence-corrected chi connectivity index (χ2v) is 4.22. The lowest BCUT2D eigenvalue weighted by molar-refractivity contribution is -0.384. The van der Waals surface area contributed by atoms with Crippen LogP contribution in [0.3, 0.4) is 0 Å². The van der Waals surface area contributed by atoms with Crippen molar-refractivity contribution in [3.8, 4) is 5.75 Å². The molecule has 0 saturated carbocycles. The van der Waals surface area contributed by atoms with Crippen molar-refractivity contribution < 1.29 is 10.0 Å². The molecule has 9 nitrogen and oxygen atoms in total. The second kappa shape index (κ2) is 7.98. The maximum Gasteiger partial charge on any atom is 0.270 e. The summed E-state index contributed by atoms with van der Waals surface area (Å²) in [6, 6.07) is 10.3. The molecule has 0 bridgehead atoms. The van der Waals surface area contributed by atoms with Gasteiger partial charge in [-0.3, -0.25) is 20.5 Å². The SMILES string of the molecule is N=C(N)c1cccc(N=Cc2cc([N+](=O)[O-])ccc2O)c1.N=N. The molecule has 6 N–H and O–H groups in total. The number of nitrogens with zero attached hydrogens (tertiary/aromatic N) is 2. The number of phenols is 1. The number of nitrogens with one attached hydrogen (secondary N) is 3. The Bertz CT molecular complexity index is 760. The number of hydrogen-bond donors (Lipinski definition) is 5. The molecule has 0 unspecified atom stereocenters. The summed E-state index contributed by atoms with van der Waals surface area (Å²) in [7, 11) is 0. The zero-order valence-corrected chi connectivity index (χ0v) is 11.9. The molecular formula is C14H14N6O3. The standard InChI is InChI=1S/C14H12N4O3.H2N2/c15-14(16)9-2-1-3-11(6-9)17-8-10-7-12(18(20)21)4-5-13(10)19;1-2/h1-8,19H,(H3,15,16);1-2H. The first-order valence-corrected chi connectivity index (χ1v) is 6.18. The van der Waals surface area contributed by atoms with Crippen LogP contribution in [-0.2, 0) is 0 Å². The monoisotopic (exact) mass is 314 g/mol. The molecule has 0 atom stereocenters. The topological polar surface area (TPSA) is 173 Å². The molecule has 0 aromatic heterocycles. The molecule has 0 aliphatic carbocycles. The second-order valence-electron chi connectivity index (χ2n) is 4.22. The van der Waals surface area contributed by atoms with Gasteiger partial charge in [0.1, 0.15) is 11.6 Å². The van der Waals surface area contributed by atoms with Gasteiger partial charge >= 0.3 is 0 Å². The first-order chi connectivity index (χ1) is 11.0. The molecule has 2 aromatic rings. The molecule has 2 rings (SSSR count). The van der Waals surface area contributed by atoms with Crippen molar-refractivity contribution >= 4 is 23.4 Å². The Kier molecular flexibility index (Phi) is 6.05. The van der Waals surface area contributed by atoms with Crippen molar-refractivity contribution in [3.05, 3.63) is 63.7 Å². The lowest BCUT2D eigenvalue weighted by atomic mass is 10.1. The highest BCUT2D eigenvalue weighted by molar-refractivity contribution is 5.96. The number of aliphatic imine (C=N–C) groups is 1. The Hall–Kier alpha value is -3.62. The summed E-state index contributed by atoms with van der Waals surface area (Å²) in [6.45, 7) is 0. The van der Waals surface area contributed by atoms with Gasteiger partial charge in [0.05, 0.1) is 10.6 Å². The van der Waals surface area contributed by atoms with Crippen molar-refractivity contribution in [2.24, 2.45) is 10.7 Å². The fourth-order valence-electron chi connectivity index (χ4n) is 1.66. The highest BCUT2D eigenvalue weighted by atomic mass is 16.6. The van der Waals surface area contributed by atoms with Gasteiger partial charge < -0.3 is 10.8 Å². The number of nitro benzene ring substituents is 1. The molecule has 0 amide bonds. The molecule has 0 fully saturated rings. The molecule has 118 valence electrons. The minimum absolute atomic E-state index is 0.0785. The predicted octanol–water partition coefficient (Wildman–Crippen LogP) is 2.93. The molecule has 0 saturated heterocycles. The fraction of sp³-hybridized carbons (Fsp3) is 0. The summed E-state index contributed by atoms with van der Waals surface area (Å²) in [5.74, 6) is -0.183. The van der Waals surface area contributed by atoms with Gasteiger partial charge in [0.15, 0.2) is 0 Å². The van der Waals surface area contributed by atoms with E-state index in [1.807, 2.05) is 0 Å². The first-order valence-electron chi connectivity index (χ1n) is 6.18. The molecule has 23 heavy (non-hydrogen) atoms. The lowest BCUT2D eigenvalue weighted by Gasteiger charge is -2.01. The van der Waals surface area contributed by atoms with E-state index in [9.17, 15) is 15.2 Å². The van der Waals surface area contributed by atoms with Crippen LogP contribution >= 0.6 is 0 Å². The third-order valence-electron chi connectivity index (χ3n) is 2.73. The van der Waals surface area contributed by atoms with Crippen molar-refractivity contribution in [2.75, 3.05) is 0 Å².